The second-order valence-corrected chi connectivity index (χ2v) is 21.4. The first-order valence-corrected chi connectivity index (χ1v) is 29.5. The van der Waals surface area contributed by atoms with Crippen LogP contribution in [0, 0.1) is 0 Å². The summed E-state index contributed by atoms with van der Waals surface area (Å²) in [5.41, 5.74) is 3.16. The maximum Gasteiger partial charge on any atom is 0.142 e. The van der Waals surface area contributed by atoms with Gasteiger partial charge in [-0.05, 0) is 62.5 Å². The van der Waals surface area contributed by atoms with E-state index in [2.05, 4.69) is 64.7 Å². The Morgan fingerprint density at radius 1 is 0.316 bits per heavy atom. The highest BCUT2D eigenvalue weighted by atomic mass is 33.1. The van der Waals surface area contributed by atoms with E-state index in [-0.39, 0.29) is 0 Å². The largest absolute Gasteiger partial charge is 0.473 e. The van der Waals surface area contributed by atoms with Gasteiger partial charge in [-0.3, -0.25) is 0 Å². The molecule has 0 heterocycles. The first-order chi connectivity index (χ1) is 28.0. The molecule has 0 fully saturated rings. The Hall–Kier alpha value is 0.370. The average Bonchev–Trinajstić information content (AvgIpc) is 3.19. The summed E-state index contributed by atoms with van der Waals surface area (Å²) in [4.78, 5) is 7.85. The standard InChI is InChI=1S/C52H102O.H3OPS2/c1-5-9-13-17-21-25-29-33-37-41-45-51(46-42-38-34-30-26-22-18-14-10-6-2)49-53-50-52(47-43-39-35-31-27-23-19-15-11-7-3)48-44-40-36-32-28-24-20-16-12-8-4;1-2(3)4/h49-50H,5-48H2,1-4H3;1,3-4H. The number of rotatable bonds is 46. The van der Waals surface area contributed by atoms with Crippen LogP contribution in [0.5, 0.6) is 0 Å². The van der Waals surface area contributed by atoms with Gasteiger partial charge in [-0.15, -0.1) is 24.5 Å². The lowest BCUT2D eigenvalue weighted by Crippen LogP contribution is -1.91. The van der Waals surface area contributed by atoms with Crippen LogP contribution < -0.4 is 0 Å². The average molecular weight is 858 g/mol. The van der Waals surface area contributed by atoms with E-state index in [0.29, 0.717) is 0 Å². The van der Waals surface area contributed by atoms with Gasteiger partial charge in [-0.2, -0.15) is 0 Å². The topological polar surface area (TPSA) is 29.5 Å². The Balaban J connectivity index is 0. The minimum Gasteiger partial charge on any atom is -0.473 e. The molecule has 57 heavy (non-hydrogen) atoms. The van der Waals surface area contributed by atoms with Gasteiger partial charge >= 0.3 is 0 Å². The highest BCUT2D eigenvalue weighted by Gasteiger charge is 2.04. The summed E-state index contributed by atoms with van der Waals surface area (Å²) in [6.07, 6.45) is 66.0. The van der Waals surface area contributed by atoms with Crippen LogP contribution in [-0.4, -0.2) is 4.89 Å². The number of hydrogen-bond donors (Lipinski definition) is 3. The fourth-order valence-corrected chi connectivity index (χ4v) is 8.07. The molecule has 0 aromatic heterocycles. The summed E-state index contributed by atoms with van der Waals surface area (Å²) in [5, 5.41) is 0. The molecule has 0 saturated carbocycles. The zero-order valence-electron chi connectivity index (χ0n) is 39.5. The third kappa shape index (κ3) is 56.4. The monoisotopic (exact) mass is 857 g/mol. The Morgan fingerprint density at radius 2 is 0.456 bits per heavy atom. The van der Waals surface area contributed by atoms with Gasteiger partial charge in [0.15, 0.2) is 0 Å². The van der Waals surface area contributed by atoms with Crippen molar-refractivity contribution in [3.05, 3.63) is 23.7 Å². The summed E-state index contributed by atoms with van der Waals surface area (Å²) in [6, 6.07) is 0. The molecule has 342 valence electrons. The van der Waals surface area contributed by atoms with Crippen LogP contribution in [0.3, 0.4) is 0 Å². The van der Waals surface area contributed by atoms with Crippen LogP contribution in [0.15, 0.2) is 23.7 Å². The summed E-state index contributed by atoms with van der Waals surface area (Å²) in [7, 11) is 0. The van der Waals surface area contributed by atoms with E-state index in [1.807, 2.05) is 0 Å². The van der Waals surface area contributed by atoms with E-state index in [1.54, 1.807) is 11.1 Å². The summed E-state index contributed by atoms with van der Waals surface area (Å²) in [6.45, 7) is 8.04. The molecule has 1 N–H and O–H groups in total. The zero-order valence-corrected chi connectivity index (χ0v) is 42.1. The Morgan fingerprint density at radius 3 is 0.614 bits per heavy atom. The number of allylic oxidation sites excluding steroid dienone is 2. The Kier molecular flexibility index (Phi) is 56.7. The van der Waals surface area contributed by atoms with Gasteiger partial charge in [0.05, 0.1) is 12.5 Å². The molecule has 0 aromatic rings. The molecule has 0 aromatic carbocycles. The highest BCUT2D eigenvalue weighted by Crippen LogP contribution is 2.39. The van der Waals surface area contributed by atoms with E-state index >= 15 is 0 Å². The van der Waals surface area contributed by atoms with Crippen molar-refractivity contribution < 1.29 is 9.63 Å². The van der Waals surface area contributed by atoms with E-state index < -0.39 is 6.55 Å². The van der Waals surface area contributed by atoms with Crippen molar-refractivity contribution in [2.24, 2.45) is 0 Å². The molecule has 2 nitrogen and oxygen atoms in total. The molecule has 0 spiro atoms. The third-order valence-electron chi connectivity index (χ3n) is 11.9. The van der Waals surface area contributed by atoms with Crippen molar-refractivity contribution in [3.63, 3.8) is 0 Å². The summed E-state index contributed by atoms with van der Waals surface area (Å²) >= 11 is 6.90. The maximum atomic E-state index is 7.85. The maximum absolute atomic E-state index is 7.85. The van der Waals surface area contributed by atoms with Gasteiger partial charge in [0.1, 0.15) is 6.55 Å². The Bertz CT molecular complexity index is 671. The minimum absolute atomic E-state index is 1.23. The number of hydrogen-bond acceptors (Lipinski definition) is 4. The quantitative estimate of drug-likeness (QED) is 0.0246. The van der Waals surface area contributed by atoms with Gasteiger partial charge in [0.25, 0.3) is 0 Å². The molecule has 0 amide bonds. The van der Waals surface area contributed by atoms with Gasteiger partial charge in [0, 0.05) is 0 Å². The van der Waals surface area contributed by atoms with Crippen LogP contribution in [0.1, 0.15) is 310 Å². The normalized spacial score (nSPS) is 11.2. The molecule has 0 rings (SSSR count). The van der Waals surface area contributed by atoms with E-state index in [0.717, 1.165) is 0 Å². The van der Waals surface area contributed by atoms with E-state index in [1.165, 1.54) is 283 Å². The zero-order chi connectivity index (χ0) is 42.0. The van der Waals surface area contributed by atoms with Crippen LogP contribution in [-0.2, 0) is 4.74 Å². The van der Waals surface area contributed by atoms with Gasteiger partial charge < -0.3 is 9.63 Å². The molecule has 0 aliphatic rings. The van der Waals surface area contributed by atoms with Crippen molar-refractivity contribution >= 4 is 31.0 Å². The number of ether oxygens (including phenoxy) is 1. The van der Waals surface area contributed by atoms with Gasteiger partial charge in [-0.1, -0.05) is 259 Å². The molecule has 0 saturated heterocycles. The van der Waals surface area contributed by atoms with Crippen molar-refractivity contribution in [3.8, 4) is 0 Å². The van der Waals surface area contributed by atoms with Crippen molar-refractivity contribution in [2.75, 3.05) is 0 Å². The molecule has 5 heteroatoms. The fraction of sp³-hybridized carbons (Fsp3) is 0.923. The molecule has 0 bridgehead atoms. The van der Waals surface area contributed by atoms with Crippen molar-refractivity contribution in [1.29, 1.82) is 0 Å². The lowest BCUT2D eigenvalue weighted by Gasteiger charge is -2.10. The lowest BCUT2D eigenvalue weighted by atomic mass is 9.99. The highest BCUT2D eigenvalue weighted by molar-refractivity contribution is 8.76. The predicted molar refractivity (Wildman–Crippen MR) is 270 cm³/mol. The molecular formula is C52H105O2PS2. The third-order valence-corrected chi connectivity index (χ3v) is 11.9. The first-order valence-electron chi connectivity index (χ1n) is 25.9. The van der Waals surface area contributed by atoms with Crippen LogP contribution in [0.2, 0.25) is 0 Å². The predicted octanol–water partition coefficient (Wildman–Crippen LogP) is 21.1. The van der Waals surface area contributed by atoms with E-state index in [9.17, 15) is 0 Å². The van der Waals surface area contributed by atoms with Crippen LogP contribution in [0.4, 0.5) is 0 Å². The van der Waals surface area contributed by atoms with Gasteiger partial charge in [-0.25, -0.2) is 0 Å². The first kappa shape index (κ1) is 59.5. The summed E-state index contributed by atoms with van der Waals surface area (Å²) in [5.74, 6) is 0. The molecule has 0 unspecified atom stereocenters. The molecule has 0 aliphatic carbocycles. The smallest absolute Gasteiger partial charge is 0.142 e. The van der Waals surface area contributed by atoms with Crippen molar-refractivity contribution in [1.82, 2.24) is 0 Å². The SMILES string of the molecule is CCCCCCCCCCCCC(=COC=C(CCCCCCCCCCCC)CCCCCCCCCCCC)CCCCCCCCCCCC.OP(S)S. The summed E-state index contributed by atoms with van der Waals surface area (Å²) < 4.78 is 6.40. The second kappa shape index (κ2) is 54.4. The minimum atomic E-state index is -1.23. The molecule has 0 atom stereocenters. The van der Waals surface area contributed by atoms with Crippen molar-refractivity contribution in [2.45, 2.75) is 310 Å². The van der Waals surface area contributed by atoms with Gasteiger partial charge in [0.2, 0.25) is 0 Å². The number of unbranched alkanes of at least 4 members (excludes halogenated alkanes) is 36. The van der Waals surface area contributed by atoms with Crippen LogP contribution >= 0.6 is 31.0 Å². The second-order valence-electron chi connectivity index (χ2n) is 17.7. The Labute approximate surface area is 372 Å². The lowest BCUT2D eigenvalue weighted by molar-refractivity contribution is 0.381. The molecule has 0 radical (unpaired) electrons. The van der Waals surface area contributed by atoms with E-state index in [4.69, 9.17) is 9.63 Å². The molecular weight excluding hydrogens is 752 g/mol. The van der Waals surface area contributed by atoms with Crippen LogP contribution in [0.25, 0.3) is 0 Å². The number of thiol groups is 2. The fourth-order valence-electron chi connectivity index (χ4n) is 8.07. The molecule has 0 aliphatic heterocycles.